The van der Waals surface area contributed by atoms with Crippen LogP contribution in [-0.4, -0.2) is 53.0 Å². The number of nitrogens with zero attached hydrogens (tertiary/aromatic N) is 3. The highest BCUT2D eigenvalue weighted by Crippen LogP contribution is 2.44. The number of hydrogen-bond acceptors (Lipinski definition) is 6. The maximum absolute atomic E-state index is 15.4. The zero-order chi connectivity index (χ0) is 21.7. The van der Waals surface area contributed by atoms with Crippen molar-refractivity contribution in [3.8, 4) is 16.9 Å². The van der Waals surface area contributed by atoms with Crippen LogP contribution in [0.5, 0.6) is 5.75 Å². The zero-order valence-electron chi connectivity index (χ0n) is 16.6. The van der Waals surface area contributed by atoms with Gasteiger partial charge < -0.3 is 15.4 Å². The van der Waals surface area contributed by atoms with Gasteiger partial charge in [-0.1, -0.05) is 41.6 Å². The molecule has 160 valence electrons. The van der Waals surface area contributed by atoms with Crippen LogP contribution < -0.4 is 10.5 Å². The first-order chi connectivity index (χ1) is 15.0. The Hall–Kier alpha value is -2.68. The summed E-state index contributed by atoms with van der Waals surface area (Å²) in [4.78, 5) is 20.4. The molecule has 2 aliphatic rings. The van der Waals surface area contributed by atoms with Crippen LogP contribution in [0.15, 0.2) is 36.9 Å². The molecular weight excluding hydrogens is 439 g/mol. The number of amides is 1. The lowest BCUT2D eigenvalue weighted by Gasteiger charge is -2.39. The summed E-state index contributed by atoms with van der Waals surface area (Å²) < 4.78 is 22.3. The third-order valence-electron chi connectivity index (χ3n) is 5.84. The van der Waals surface area contributed by atoms with Gasteiger partial charge in [0.2, 0.25) is 5.91 Å². The number of halogens is 2. The van der Waals surface area contributed by atoms with Gasteiger partial charge in [-0.2, -0.15) is 0 Å². The van der Waals surface area contributed by atoms with Crippen LogP contribution in [0, 0.1) is 5.82 Å². The number of rotatable bonds is 2. The Morgan fingerprint density at radius 2 is 2.26 bits per heavy atom. The number of ether oxygens (including phenoxy) is 1. The van der Waals surface area contributed by atoms with Crippen molar-refractivity contribution in [1.82, 2.24) is 14.8 Å². The Labute approximate surface area is 187 Å². The second-order valence-electron chi connectivity index (χ2n) is 7.66. The summed E-state index contributed by atoms with van der Waals surface area (Å²) in [6, 6.07) is 7.01. The predicted octanol–water partition coefficient (Wildman–Crippen LogP) is 3.93. The molecule has 2 N–H and O–H groups in total. The Bertz CT molecular complexity index is 1210. The second kappa shape index (κ2) is 7.78. The molecule has 3 heterocycles. The highest BCUT2D eigenvalue weighted by Gasteiger charge is 2.34. The van der Waals surface area contributed by atoms with Gasteiger partial charge in [0.15, 0.2) is 5.13 Å². The Balaban J connectivity index is 1.54. The van der Waals surface area contributed by atoms with Crippen LogP contribution >= 0.6 is 22.9 Å². The molecule has 3 aromatic rings. The van der Waals surface area contributed by atoms with E-state index < -0.39 is 5.82 Å². The molecule has 5 rings (SSSR count). The van der Waals surface area contributed by atoms with Crippen LogP contribution in [0.4, 0.5) is 9.52 Å². The van der Waals surface area contributed by atoms with E-state index in [-0.39, 0.29) is 22.5 Å². The third-order valence-corrected chi connectivity index (χ3v) is 7.05. The van der Waals surface area contributed by atoms with Crippen molar-refractivity contribution in [3.63, 3.8) is 0 Å². The number of para-hydroxylation sites is 1. The van der Waals surface area contributed by atoms with Crippen molar-refractivity contribution in [3.05, 3.63) is 53.3 Å². The lowest BCUT2D eigenvalue weighted by atomic mass is 10.0. The highest BCUT2D eigenvalue weighted by atomic mass is 35.5. The molecule has 1 fully saturated rings. The average molecular weight is 459 g/mol. The molecule has 2 aromatic carbocycles. The molecule has 0 spiro atoms. The van der Waals surface area contributed by atoms with E-state index in [0.29, 0.717) is 60.3 Å². The topological polar surface area (TPSA) is 71.7 Å². The Morgan fingerprint density at radius 3 is 3.06 bits per heavy atom. The SMILES string of the molecule is C=CC(=O)N1CCN2Cc3cc(F)c(-c4cccc5sc(N)nc45)c(Cl)c3OCC2C1. The van der Waals surface area contributed by atoms with Gasteiger partial charge in [-0.05, 0) is 18.2 Å². The predicted molar refractivity (Wildman–Crippen MR) is 121 cm³/mol. The molecule has 1 unspecified atom stereocenters. The molecule has 1 atom stereocenters. The largest absolute Gasteiger partial charge is 0.490 e. The number of hydrogen-bond donors (Lipinski definition) is 1. The minimum absolute atomic E-state index is 0.00519. The van der Waals surface area contributed by atoms with Gasteiger partial charge in [0, 0.05) is 42.9 Å². The fraction of sp³-hybridized carbons (Fsp3) is 0.273. The number of aromatic nitrogens is 1. The summed E-state index contributed by atoms with van der Waals surface area (Å²) in [5, 5.41) is 0.647. The molecule has 1 saturated heterocycles. The van der Waals surface area contributed by atoms with E-state index in [2.05, 4.69) is 16.5 Å². The first-order valence-corrected chi connectivity index (χ1v) is 11.1. The number of carbonyl (C=O) groups excluding carboxylic acids is 1. The maximum atomic E-state index is 15.4. The van der Waals surface area contributed by atoms with E-state index in [4.69, 9.17) is 22.1 Å². The molecule has 0 bridgehead atoms. The van der Waals surface area contributed by atoms with Crippen molar-refractivity contribution < 1.29 is 13.9 Å². The van der Waals surface area contributed by atoms with E-state index in [1.807, 2.05) is 12.1 Å². The molecule has 1 amide bonds. The van der Waals surface area contributed by atoms with Crippen LogP contribution in [0.2, 0.25) is 5.02 Å². The van der Waals surface area contributed by atoms with Crippen molar-refractivity contribution >= 4 is 44.2 Å². The van der Waals surface area contributed by atoms with E-state index in [1.54, 1.807) is 11.0 Å². The summed E-state index contributed by atoms with van der Waals surface area (Å²) in [6.07, 6.45) is 1.33. The molecule has 0 aliphatic carbocycles. The highest BCUT2D eigenvalue weighted by molar-refractivity contribution is 7.22. The fourth-order valence-corrected chi connectivity index (χ4v) is 5.45. The van der Waals surface area contributed by atoms with E-state index >= 15 is 4.39 Å². The van der Waals surface area contributed by atoms with E-state index in [1.165, 1.54) is 23.5 Å². The Morgan fingerprint density at radius 1 is 1.42 bits per heavy atom. The van der Waals surface area contributed by atoms with Gasteiger partial charge in [-0.25, -0.2) is 9.37 Å². The van der Waals surface area contributed by atoms with Crippen molar-refractivity contribution in [1.29, 1.82) is 0 Å². The smallest absolute Gasteiger partial charge is 0.246 e. The third kappa shape index (κ3) is 3.44. The first kappa shape index (κ1) is 20.2. The normalized spacial score (nSPS) is 18.8. The van der Waals surface area contributed by atoms with E-state index in [9.17, 15) is 4.79 Å². The molecule has 0 saturated carbocycles. The van der Waals surface area contributed by atoms with Gasteiger partial charge in [-0.3, -0.25) is 9.69 Å². The number of piperazine rings is 1. The number of nitrogens with two attached hydrogens (primary N) is 1. The van der Waals surface area contributed by atoms with Crippen molar-refractivity contribution in [2.45, 2.75) is 12.6 Å². The summed E-state index contributed by atoms with van der Waals surface area (Å²) in [5.41, 5.74) is 8.04. The lowest BCUT2D eigenvalue weighted by molar-refractivity contribution is -0.129. The number of nitrogen functional groups attached to an aromatic ring is 1. The Kier molecular flexibility index (Phi) is 5.08. The molecule has 6 nitrogen and oxygen atoms in total. The van der Waals surface area contributed by atoms with Gasteiger partial charge in [0.1, 0.15) is 18.2 Å². The molecule has 9 heteroatoms. The van der Waals surface area contributed by atoms with Crippen LogP contribution in [0.1, 0.15) is 5.56 Å². The van der Waals surface area contributed by atoms with Crippen molar-refractivity contribution in [2.24, 2.45) is 0 Å². The van der Waals surface area contributed by atoms with Crippen molar-refractivity contribution in [2.75, 3.05) is 32.0 Å². The standard InChI is InChI=1S/C22H20ClFN4O2S/c1-2-17(29)28-7-6-27-9-12-8-15(24)18(19(23)21(12)30-11-13(27)10-28)14-4-3-5-16-20(14)26-22(25)31-16/h2-5,8,13H,1,6-7,9-11H2,(H2,25,26). The lowest BCUT2D eigenvalue weighted by Crippen LogP contribution is -2.55. The second-order valence-corrected chi connectivity index (χ2v) is 9.10. The molecular formula is C22H20ClFN4O2S. The molecule has 0 radical (unpaired) electrons. The number of carbonyl (C=O) groups is 1. The van der Waals surface area contributed by atoms with Crippen LogP contribution in [0.3, 0.4) is 0 Å². The van der Waals surface area contributed by atoms with Gasteiger partial charge >= 0.3 is 0 Å². The quantitative estimate of drug-likeness (QED) is 0.589. The molecule has 2 aliphatic heterocycles. The average Bonchev–Trinajstić information content (AvgIpc) is 3.04. The molecule has 1 aromatic heterocycles. The number of benzene rings is 2. The number of anilines is 1. The summed E-state index contributed by atoms with van der Waals surface area (Å²) in [6.45, 7) is 6.22. The minimum atomic E-state index is -0.426. The fourth-order valence-electron chi connectivity index (χ4n) is 4.32. The van der Waals surface area contributed by atoms with Gasteiger partial charge in [-0.15, -0.1) is 0 Å². The summed E-state index contributed by atoms with van der Waals surface area (Å²) >= 11 is 8.07. The minimum Gasteiger partial charge on any atom is -0.490 e. The van der Waals surface area contributed by atoms with E-state index in [0.717, 1.165) is 4.70 Å². The zero-order valence-corrected chi connectivity index (χ0v) is 18.2. The monoisotopic (exact) mass is 458 g/mol. The van der Waals surface area contributed by atoms with Crippen LogP contribution in [0.25, 0.3) is 21.3 Å². The number of thiazole rings is 1. The molecule has 31 heavy (non-hydrogen) atoms. The van der Waals surface area contributed by atoms with Crippen LogP contribution in [-0.2, 0) is 11.3 Å². The summed E-state index contributed by atoms with van der Waals surface area (Å²) in [7, 11) is 0. The maximum Gasteiger partial charge on any atom is 0.246 e. The van der Waals surface area contributed by atoms with Gasteiger partial charge in [0.25, 0.3) is 0 Å². The summed E-state index contributed by atoms with van der Waals surface area (Å²) in [5.74, 6) is -0.0389. The number of fused-ring (bicyclic) bond motifs is 3. The first-order valence-electron chi connectivity index (χ1n) is 9.90. The van der Waals surface area contributed by atoms with Gasteiger partial charge in [0.05, 0.1) is 21.3 Å².